The number of nitrogens with zero attached hydrogens (tertiary/aromatic N) is 2. The molecular formula is C29H29FN2O4. The number of rotatable bonds is 8. The Morgan fingerprint density at radius 2 is 1.61 bits per heavy atom. The Balaban J connectivity index is 1.85. The molecule has 0 aromatic heterocycles. The molecule has 0 aliphatic carbocycles. The molecular weight excluding hydrogens is 459 g/mol. The highest BCUT2D eigenvalue weighted by atomic mass is 19.1. The number of likely N-dealkylation sites (tertiary alicyclic amines) is 1. The van der Waals surface area contributed by atoms with Gasteiger partial charge in [0.25, 0.3) is 11.7 Å². The fourth-order valence-electron chi connectivity index (χ4n) is 4.62. The third-order valence-corrected chi connectivity index (χ3v) is 6.51. The molecule has 0 spiro atoms. The molecule has 6 nitrogen and oxygen atoms in total. The highest BCUT2D eigenvalue weighted by Gasteiger charge is 2.46. The lowest BCUT2D eigenvalue weighted by Gasteiger charge is -2.27. The van der Waals surface area contributed by atoms with Crippen molar-refractivity contribution in [1.29, 1.82) is 0 Å². The number of Topliss-reactive ketones (excluding diaryl/α,β-unsaturated/α-hetero) is 1. The zero-order chi connectivity index (χ0) is 25.8. The van der Waals surface area contributed by atoms with Crippen LogP contribution in [0.4, 0.5) is 10.1 Å². The van der Waals surface area contributed by atoms with Gasteiger partial charge in [-0.3, -0.25) is 9.59 Å². The molecule has 1 heterocycles. The number of aliphatic hydroxyl groups is 1. The van der Waals surface area contributed by atoms with E-state index in [0.717, 1.165) is 18.8 Å². The molecule has 1 fully saturated rings. The standard InChI is InChI=1S/C29H29FN2O4/c1-4-31(5-2)22-16-12-20(13-17-22)26-25(27(33)23-8-6-7-9-24(23)36-3)28(34)29(35)32(26)18-19-10-14-21(30)15-11-19/h6-17,26,33H,4-5,18H2,1-3H3/b27-25-. The summed E-state index contributed by atoms with van der Waals surface area (Å²) in [6, 6.07) is 19.4. The van der Waals surface area contributed by atoms with Gasteiger partial charge in [-0.2, -0.15) is 0 Å². The van der Waals surface area contributed by atoms with Crippen molar-refractivity contribution in [3.8, 4) is 5.75 Å². The van der Waals surface area contributed by atoms with Gasteiger partial charge in [0, 0.05) is 25.3 Å². The average Bonchev–Trinajstić information content (AvgIpc) is 3.15. The molecule has 7 heteroatoms. The van der Waals surface area contributed by atoms with Crippen LogP contribution in [0.5, 0.6) is 5.75 Å². The molecule has 3 aromatic rings. The van der Waals surface area contributed by atoms with Crippen LogP contribution in [0.2, 0.25) is 0 Å². The SMILES string of the molecule is CCN(CC)c1ccc(C2/C(=C(/O)c3ccccc3OC)C(=O)C(=O)N2Cc2ccc(F)cc2)cc1. The quantitative estimate of drug-likeness (QED) is 0.265. The lowest BCUT2D eigenvalue weighted by Crippen LogP contribution is -2.29. The highest BCUT2D eigenvalue weighted by Crippen LogP contribution is 2.42. The van der Waals surface area contributed by atoms with Gasteiger partial charge < -0.3 is 19.6 Å². The minimum absolute atomic E-state index is 0.0119. The molecule has 1 aliphatic rings. The number of carbonyl (C=O) groups is 2. The number of ketones is 1. The van der Waals surface area contributed by atoms with Gasteiger partial charge in [-0.25, -0.2) is 4.39 Å². The minimum atomic E-state index is -0.828. The highest BCUT2D eigenvalue weighted by molar-refractivity contribution is 6.46. The molecule has 1 saturated heterocycles. The fourth-order valence-corrected chi connectivity index (χ4v) is 4.62. The van der Waals surface area contributed by atoms with Crippen molar-refractivity contribution in [1.82, 2.24) is 4.90 Å². The number of methoxy groups -OCH3 is 1. The summed E-state index contributed by atoms with van der Waals surface area (Å²) >= 11 is 0. The van der Waals surface area contributed by atoms with Gasteiger partial charge in [-0.05, 0) is 61.4 Å². The number of hydrogen-bond acceptors (Lipinski definition) is 5. The first kappa shape index (κ1) is 25.0. The summed E-state index contributed by atoms with van der Waals surface area (Å²) in [6.07, 6.45) is 0. The minimum Gasteiger partial charge on any atom is -0.507 e. The predicted octanol–water partition coefficient (Wildman–Crippen LogP) is 5.30. The van der Waals surface area contributed by atoms with Crippen molar-refractivity contribution in [2.75, 3.05) is 25.1 Å². The van der Waals surface area contributed by atoms with Gasteiger partial charge in [0.1, 0.15) is 17.3 Å². The summed E-state index contributed by atoms with van der Waals surface area (Å²) in [6.45, 7) is 5.90. The Bertz CT molecular complexity index is 1280. The molecule has 1 N–H and O–H groups in total. The molecule has 3 aromatic carbocycles. The summed E-state index contributed by atoms with van der Waals surface area (Å²) in [5.74, 6) is -1.81. The Labute approximate surface area is 210 Å². The number of carbonyl (C=O) groups excluding carboxylic acids is 2. The number of para-hydroxylation sites is 1. The van der Waals surface area contributed by atoms with E-state index < -0.39 is 17.7 Å². The summed E-state index contributed by atoms with van der Waals surface area (Å²) in [7, 11) is 1.47. The normalized spacial score (nSPS) is 16.9. The Kier molecular flexibility index (Phi) is 7.38. The first-order chi connectivity index (χ1) is 17.4. The Morgan fingerprint density at radius 1 is 0.972 bits per heavy atom. The van der Waals surface area contributed by atoms with Crippen LogP contribution in [0.1, 0.15) is 36.6 Å². The maximum Gasteiger partial charge on any atom is 0.295 e. The molecule has 0 saturated carbocycles. The first-order valence-corrected chi connectivity index (χ1v) is 11.9. The summed E-state index contributed by atoms with van der Waals surface area (Å²) in [5, 5.41) is 11.3. The topological polar surface area (TPSA) is 70.1 Å². The summed E-state index contributed by atoms with van der Waals surface area (Å²) in [4.78, 5) is 30.2. The van der Waals surface area contributed by atoms with Crippen molar-refractivity contribution >= 4 is 23.1 Å². The molecule has 1 unspecified atom stereocenters. The number of halogens is 1. The molecule has 1 amide bonds. The monoisotopic (exact) mass is 488 g/mol. The van der Waals surface area contributed by atoms with E-state index in [1.165, 1.54) is 24.1 Å². The van der Waals surface area contributed by atoms with Crippen LogP contribution in [0, 0.1) is 5.82 Å². The van der Waals surface area contributed by atoms with E-state index in [9.17, 15) is 19.1 Å². The third-order valence-electron chi connectivity index (χ3n) is 6.51. The number of hydrogen-bond donors (Lipinski definition) is 1. The van der Waals surface area contributed by atoms with E-state index in [4.69, 9.17) is 4.74 Å². The zero-order valence-corrected chi connectivity index (χ0v) is 20.6. The second-order valence-electron chi connectivity index (χ2n) is 8.52. The van der Waals surface area contributed by atoms with Crippen LogP contribution in [0.3, 0.4) is 0 Å². The van der Waals surface area contributed by atoms with Crippen LogP contribution >= 0.6 is 0 Å². The molecule has 36 heavy (non-hydrogen) atoms. The molecule has 186 valence electrons. The molecule has 4 rings (SSSR count). The van der Waals surface area contributed by atoms with E-state index in [2.05, 4.69) is 18.7 Å². The average molecular weight is 489 g/mol. The number of benzene rings is 3. The van der Waals surface area contributed by atoms with Gasteiger partial charge in [-0.15, -0.1) is 0 Å². The van der Waals surface area contributed by atoms with E-state index in [0.29, 0.717) is 22.4 Å². The maximum absolute atomic E-state index is 13.5. The Hall–Kier alpha value is -4.13. The fraction of sp³-hybridized carbons (Fsp3) is 0.241. The van der Waals surface area contributed by atoms with Crippen LogP contribution in [0.15, 0.2) is 78.4 Å². The number of anilines is 1. The number of amides is 1. The smallest absolute Gasteiger partial charge is 0.295 e. The van der Waals surface area contributed by atoms with Crippen molar-refractivity contribution in [2.45, 2.75) is 26.4 Å². The van der Waals surface area contributed by atoms with E-state index in [1.807, 2.05) is 24.3 Å². The van der Waals surface area contributed by atoms with Gasteiger partial charge in [-0.1, -0.05) is 36.4 Å². The predicted molar refractivity (Wildman–Crippen MR) is 137 cm³/mol. The number of ether oxygens (including phenoxy) is 1. The van der Waals surface area contributed by atoms with Gasteiger partial charge in [0.05, 0.1) is 24.3 Å². The van der Waals surface area contributed by atoms with Crippen LogP contribution in [0.25, 0.3) is 5.76 Å². The Morgan fingerprint density at radius 3 is 2.22 bits per heavy atom. The van der Waals surface area contributed by atoms with E-state index in [-0.39, 0.29) is 23.7 Å². The largest absolute Gasteiger partial charge is 0.507 e. The molecule has 1 aliphatic heterocycles. The second-order valence-corrected chi connectivity index (χ2v) is 8.52. The van der Waals surface area contributed by atoms with Gasteiger partial charge in [0.15, 0.2) is 0 Å². The lowest BCUT2D eigenvalue weighted by atomic mass is 9.94. The van der Waals surface area contributed by atoms with Crippen LogP contribution < -0.4 is 9.64 Å². The maximum atomic E-state index is 13.5. The van der Waals surface area contributed by atoms with E-state index >= 15 is 0 Å². The first-order valence-electron chi connectivity index (χ1n) is 11.9. The van der Waals surface area contributed by atoms with Crippen molar-refractivity contribution in [2.24, 2.45) is 0 Å². The van der Waals surface area contributed by atoms with Crippen LogP contribution in [-0.2, 0) is 16.1 Å². The third kappa shape index (κ3) is 4.69. The molecule has 0 bridgehead atoms. The van der Waals surface area contributed by atoms with Crippen molar-refractivity contribution < 1.29 is 23.8 Å². The van der Waals surface area contributed by atoms with E-state index in [1.54, 1.807) is 36.4 Å². The van der Waals surface area contributed by atoms with Gasteiger partial charge >= 0.3 is 0 Å². The second kappa shape index (κ2) is 10.6. The molecule has 1 atom stereocenters. The van der Waals surface area contributed by atoms with Gasteiger partial charge in [0.2, 0.25) is 0 Å². The van der Waals surface area contributed by atoms with Crippen molar-refractivity contribution in [3.63, 3.8) is 0 Å². The summed E-state index contributed by atoms with van der Waals surface area (Å²) in [5.41, 5.74) is 2.68. The van der Waals surface area contributed by atoms with Crippen molar-refractivity contribution in [3.05, 3.63) is 101 Å². The summed E-state index contributed by atoms with van der Waals surface area (Å²) < 4.78 is 18.9. The van der Waals surface area contributed by atoms with Crippen LogP contribution in [-0.4, -0.2) is 41.9 Å². The lowest BCUT2D eigenvalue weighted by molar-refractivity contribution is -0.140. The number of aliphatic hydroxyl groups excluding tert-OH is 1. The zero-order valence-electron chi connectivity index (χ0n) is 20.6. The molecule has 0 radical (unpaired) electrons.